The molecule has 0 aromatic heterocycles. The second-order valence-corrected chi connectivity index (χ2v) is 11.3. The van der Waals surface area contributed by atoms with Gasteiger partial charge in [-0.3, -0.25) is 0 Å². The number of unbranched alkanes of at least 4 members (excludes halogenated alkanes) is 19. The van der Waals surface area contributed by atoms with Crippen molar-refractivity contribution in [2.24, 2.45) is 0 Å². The van der Waals surface area contributed by atoms with Crippen molar-refractivity contribution in [3.63, 3.8) is 0 Å². The molecule has 0 aromatic carbocycles. The third-order valence-corrected chi connectivity index (χ3v) is 7.71. The maximum Gasteiger partial charge on any atom is 0.186 e. The molecule has 0 aliphatic carbocycles. The van der Waals surface area contributed by atoms with Gasteiger partial charge in [-0.1, -0.05) is 129 Å². The SMILES string of the molecule is CCCCCCCCCCCCCCCCCCCCCCOCCCO[C@@H]1O[C@H](CO)[C@@H](O)[C@H](O)[C@H]1O. The second-order valence-electron chi connectivity index (χ2n) is 11.3. The molecule has 1 heterocycles. The lowest BCUT2D eigenvalue weighted by Gasteiger charge is -2.39. The first kappa shape index (κ1) is 35.7. The second kappa shape index (κ2) is 25.7. The molecule has 7 nitrogen and oxygen atoms in total. The fraction of sp³-hybridized carbons (Fsp3) is 1.00. The third kappa shape index (κ3) is 18.1. The van der Waals surface area contributed by atoms with Crippen molar-refractivity contribution >= 4 is 0 Å². The van der Waals surface area contributed by atoms with Crippen LogP contribution in [0.3, 0.4) is 0 Å². The average Bonchev–Trinajstić information content (AvgIpc) is 2.92. The Kier molecular flexibility index (Phi) is 24.1. The highest BCUT2D eigenvalue weighted by atomic mass is 16.7. The van der Waals surface area contributed by atoms with Gasteiger partial charge in [-0.15, -0.1) is 0 Å². The van der Waals surface area contributed by atoms with Gasteiger partial charge in [-0.25, -0.2) is 0 Å². The molecule has 7 heteroatoms. The predicted molar refractivity (Wildman–Crippen MR) is 153 cm³/mol. The van der Waals surface area contributed by atoms with E-state index >= 15 is 0 Å². The maximum absolute atomic E-state index is 9.94. The van der Waals surface area contributed by atoms with Gasteiger partial charge in [0.1, 0.15) is 24.4 Å². The van der Waals surface area contributed by atoms with E-state index in [2.05, 4.69) is 6.92 Å². The monoisotopic (exact) mass is 546 g/mol. The molecule has 5 atom stereocenters. The van der Waals surface area contributed by atoms with E-state index in [1.165, 1.54) is 122 Å². The average molecular weight is 547 g/mol. The van der Waals surface area contributed by atoms with Gasteiger partial charge in [-0.2, -0.15) is 0 Å². The minimum atomic E-state index is -1.40. The first-order valence-electron chi connectivity index (χ1n) is 16.1. The van der Waals surface area contributed by atoms with Gasteiger partial charge in [-0.05, 0) is 12.8 Å². The van der Waals surface area contributed by atoms with E-state index in [0.29, 0.717) is 19.6 Å². The van der Waals surface area contributed by atoms with Crippen molar-refractivity contribution in [1.82, 2.24) is 0 Å². The van der Waals surface area contributed by atoms with Crippen LogP contribution in [-0.2, 0) is 14.2 Å². The van der Waals surface area contributed by atoms with Crippen LogP contribution < -0.4 is 0 Å². The standard InChI is InChI=1S/C31H62O7/c1-2-3-4-5-6-7-8-9-10-11-12-13-14-15-16-17-18-19-20-21-23-36-24-22-25-37-31-30(35)29(34)28(33)27(26-32)38-31/h27-35H,2-26H2,1H3/t27-,28-,29+,30-,31-/m1/s1. The zero-order chi connectivity index (χ0) is 27.7. The van der Waals surface area contributed by atoms with Crippen LogP contribution in [0.2, 0.25) is 0 Å². The molecule has 0 saturated carbocycles. The van der Waals surface area contributed by atoms with E-state index < -0.39 is 37.3 Å². The van der Waals surface area contributed by atoms with Crippen molar-refractivity contribution in [1.29, 1.82) is 0 Å². The molecule has 1 rings (SSSR count). The summed E-state index contributed by atoms with van der Waals surface area (Å²) >= 11 is 0. The molecule has 0 unspecified atom stereocenters. The van der Waals surface area contributed by atoms with Crippen LogP contribution in [0.4, 0.5) is 0 Å². The van der Waals surface area contributed by atoms with Crippen LogP contribution in [-0.4, -0.2) is 77.6 Å². The summed E-state index contributed by atoms with van der Waals surface area (Å²) in [5.41, 5.74) is 0. The number of aliphatic hydroxyl groups excluding tert-OH is 4. The van der Waals surface area contributed by atoms with E-state index in [1.807, 2.05) is 0 Å². The Labute approximate surface area is 233 Å². The Morgan fingerprint density at radius 3 is 1.37 bits per heavy atom. The highest BCUT2D eigenvalue weighted by molar-refractivity contribution is 4.88. The Balaban J connectivity index is 1.74. The van der Waals surface area contributed by atoms with Crippen LogP contribution >= 0.6 is 0 Å². The fourth-order valence-electron chi connectivity index (χ4n) is 5.13. The molecule has 1 saturated heterocycles. The lowest BCUT2D eigenvalue weighted by Crippen LogP contribution is -2.59. The quantitative estimate of drug-likeness (QED) is 0.0931. The fourth-order valence-corrected chi connectivity index (χ4v) is 5.13. The Bertz CT molecular complexity index is 491. The minimum Gasteiger partial charge on any atom is -0.394 e. The summed E-state index contributed by atoms with van der Waals surface area (Å²) in [6.07, 6.45) is 22.1. The van der Waals surface area contributed by atoms with Crippen LogP contribution in [0.5, 0.6) is 0 Å². The van der Waals surface area contributed by atoms with Crippen LogP contribution in [0.25, 0.3) is 0 Å². The zero-order valence-electron chi connectivity index (χ0n) is 24.6. The first-order chi connectivity index (χ1) is 18.6. The van der Waals surface area contributed by atoms with Gasteiger partial charge < -0.3 is 34.6 Å². The van der Waals surface area contributed by atoms with Gasteiger partial charge in [0, 0.05) is 13.2 Å². The molecular weight excluding hydrogens is 484 g/mol. The molecule has 0 radical (unpaired) electrons. The lowest BCUT2D eigenvalue weighted by molar-refractivity contribution is -0.301. The number of hydrogen-bond donors (Lipinski definition) is 4. The first-order valence-corrected chi connectivity index (χ1v) is 16.1. The van der Waals surface area contributed by atoms with E-state index in [0.717, 1.165) is 13.0 Å². The molecular formula is C31H62O7. The molecule has 1 fully saturated rings. The molecule has 0 amide bonds. The smallest absolute Gasteiger partial charge is 0.186 e. The number of hydrogen-bond acceptors (Lipinski definition) is 7. The maximum atomic E-state index is 9.94. The van der Waals surface area contributed by atoms with Gasteiger partial charge in [0.2, 0.25) is 0 Å². The molecule has 1 aliphatic rings. The highest BCUT2D eigenvalue weighted by Crippen LogP contribution is 2.22. The van der Waals surface area contributed by atoms with Gasteiger partial charge in [0.05, 0.1) is 13.2 Å². The van der Waals surface area contributed by atoms with Crippen LogP contribution in [0.15, 0.2) is 0 Å². The van der Waals surface area contributed by atoms with E-state index in [1.54, 1.807) is 0 Å². The topological polar surface area (TPSA) is 109 Å². The number of rotatable bonds is 27. The Morgan fingerprint density at radius 1 is 0.500 bits per heavy atom. The van der Waals surface area contributed by atoms with Crippen molar-refractivity contribution in [2.75, 3.05) is 26.4 Å². The number of ether oxygens (including phenoxy) is 3. The van der Waals surface area contributed by atoms with Gasteiger partial charge in [0.15, 0.2) is 6.29 Å². The molecule has 0 bridgehead atoms. The molecule has 0 spiro atoms. The normalized spacial score (nSPS) is 23.8. The van der Waals surface area contributed by atoms with Crippen LogP contribution in [0.1, 0.15) is 142 Å². The van der Waals surface area contributed by atoms with E-state index in [4.69, 9.17) is 14.2 Å². The van der Waals surface area contributed by atoms with Crippen LogP contribution in [0, 0.1) is 0 Å². The number of aliphatic hydroxyl groups is 4. The molecule has 1 aliphatic heterocycles. The highest BCUT2D eigenvalue weighted by Gasteiger charge is 2.43. The third-order valence-electron chi connectivity index (χ3n) is 7.71. The predicted octanol–water partition coefficient (Wildman–Crippen LogP) is 6.03. The van der Waals surface area contributed by atoms with Crippen molar-refractivity contribution in [2.45, 2.75) is 172 Å². The lowest BCUT2D eigenvalue weighted by atomic mass is 9.99. The summed E-state index contributed by atoms with van der Waals surface area (Å²) in [6.45, 7) is 3.46. The summed E-state index contributed by atoms with van der Waals surface area (Å²) in [7, 11) is 0. The van der Waals surface area contributed by atoms with Gasteiger partial charge >= 0.3 is 0 Å². The Hall–Kier alpha value is -0.280. The minimum absolute atomic E-state index is 0.307. The summed E-state index contributed by atoms with van der Waals surface area (Å²) in [5, 5.41) is 38.7. The van der Waals surface area contributed by atoms with Crippen molar-refractivity contribution < 1.29 is 34.6 Å². The van der Waals surface area contributed by atoms with E-state index in [-0.39, 0.29) is 0 Å². The Morgan fingerprint density at radius 2 is 0.921 bits per heavy atom. The summed E-state index contributed by atoms with van der Waals surface area (Å²) in [5.74, 6) is 0. The zero-order valence-corrected chi connectivity index (χ0v) is 24.6. The molecule has 4 N–H and O–H groups in total. The molecule has 38 heavy (non-hydrogen) atoms. The molecule has 228 valence electrons. The van der Waals surface area contributed by atoms with E-state index in [9.17, 15) is 20.4 Å². The van der Waals surface area contributed by atoms with Crippen molar-refractivity contribution in [3.8, 4) is 0 Å². The summed E-state index contributed by atoms with van der Waals surface area (Å²) in [6, 6.07) is 0. The van der Waals surface area contributed by atoms with Crippen molar-refractivity contribution in [3.05, 3.63) is 0 Å². The summed E-state index contributed by atoms with van der Waals surface area (Å²) < 4.78 is 16.4. The summed E-state index contributed by atoms with van der Waals surface area (Å²) in [4.78, 5) is 0. The largest absolute Gasteiger partial charge is 0.394 e. The molecule has 0 aromatic rings. The van der Waals surface area contributed by atoms with Gasteiger partial charge in [0.25, 0.3) is 0 Å².